The number of aromatic nitrogens is 1. The molecule has 1 aliphatic heterocycles. The standard InChI is InChI=1S/C13H20N2O/c1-10-8-11(9-14-13(10)16-3)12-6-4-5-7-15(12)2/h8-9,12H,4-7H2,1-3H3. The van der Waals surface area contributed by atoms with Crippen LogP contribution in [0.5, 0.6) is 5.88 Å². The van der Waals surface area contributed by atoms with Crippen LogP contribution in [0, 0.1) is 6.92 Å². The predicted molar refractivity (Wildman–Crippen MR) is 64.7 cm³/mol. The van der Waals surface area contributed by atoms with Crippen LogP contribution in [0.25, 0.3) is 0 Å². The van der Waals surface area contributed by atoms with Crippen LogP contribution in [0.2, 0.25) is 0 Å². The Kier molecular flexibility index (Phi) is 3.44. The molecule has 2 rings (SSSR count). The number of methoxy groups -OCH3 is 1. The van der Waals surface area contributed by atoms with Crippen LogP contribution in [-0.2, 0) is 0 Å². The Labute approximate surface area is 97.4 Å². The molecule has 1 atom stereocenters. The van der Waals surface area contributed by atoms with Crippen molar-refractivity contribution in [2.45, 2.75) is 32.2 Å². The van der Waals surface area contributed by atoms with Crippen molar-refractivity contribution in [3.05, 3.63) is 23.4 Å². The van der Waals surface area contributed by atoms with Gasteiger partial charge in [-0.2, -0.15) is 0 Å². The summed E-state index contributed by atoms with van der Waals surface area (Å²) < 4.78 is 5.19. The van der Waals surface area contributed by atoms with Crippen LogP contribution in [0.3, 0.4) is 0 Å². The zero-order valence-electron chi connectivity index (χ0n) is 10.4. The second-order valence-corrected chi connectivity index (χ2v) is 4.59. The number of hydrogen-bond donors (Lipinski definition) is 0. The van der Waals surface area contributed by atoms with Gasteiger partial charge in [0.05, 0.1) is 7.11 Å². The van der Waals surface area contributed by atoms with Gasteiger partial charge in [-0.15, -0.1) is 0 Å². The highest BCUT2D eigenvalue weighted by Crippen LogP contribution is 2.30. The van der Waals surface area contributed by atoms with Crippen molar-refractivity contribution in [2.75, 3.05) is 20.7 Å². The van der Waals surface area contributed by atoms with Gasteiger partial charge in [0.2, 0.25) is 5.88 Å². The Balaban J connectivity index is 2.22. The molecular weight excluding hydrogens is 200 g/mol. The van der Waals surface area contributed by atoms with Gasteiger partial charge in [-0.1, -0.05) is 6.42 Å². The quantitative estimate of drug-likeness (QED) is 0.766. The maximum Gasteiger partial charge on any atom is 0.215 e. The minimum atomic E-state index is 0.533. The summed E-state index contributed by atoms with van der Waals surface area (Å²) in [5, 5.41) is 0. The van der Waals surface area contributed by atoms with Gasteiger partial charge < -0.3 is 4.74 Å². The third-order valence-corrected chi connectivity index (χ3v) is 3.40. The number of likely N-dealkylation sites (tertiary alicyclic amines) is 1. The predicted octanol–water partition coefficient (Wildman–Crippen LogP) is 2.56. The first-order chi connectivity index (χ1) is 7.72. The molecule has 3 nitrogen and oxygen atoms in total. The Bertz CT molecular complexity index is 365. The van der Waals surface area contributed by atoms with E-state index in [1.807, 2.05) is 6.20 Å². The molecular formula is C13H20N2O. The van der Waals surface area contributed by atoms with E-state index in [0.29, 0.717) is 6.04 Å². The highest BCUT2D eigenvalue weighted by Gasteiger charge is 2.21. The van der Waals surface area contributed by atoms with Crippen molar-refractivity contribution in [1.82, 2.24) is 9.88 Å². The molecule has 0 bridgehead atoms. The SMILES string of the molecule is COc1ncc(C2CCCCN2C)cc1C. The molecule has 0 N–H and O–H groups in total. The molecule has 88 valence electrons. The first-order valence-electron chi connectivity index (χ1n) is 5.93. The van der Waals surface area contributed by atoms with Crippen molar-refractivity contribution < 1.29 is 4.74 Å². The molecule has 1 aliphatic rings. The molecule has 0 saturated carbocycles. The van der Waals surface area contributed by atoms with E-state index in [9.17, 15) is 0 Å². The summed E-state index contributed by atoms with van der Waals surface area (Å²) in [6.45, 7) is 3.24. The van der Waals surface area contributed by atoms with Gasteiger partial charge in [0.15, 0.2) is 0 Å². The molecule has 1 saturated heterocycles. The van der Waals surface area contributed by atoms with E-state index in [1.165, 1.54) is 31.4 Å². The first-order valence-corrected chi connectivity index (χ1v) is 5.93. The van der Waals surface area contributed by atoms with Gasteiger partial charge in [0.1, 0.15) is 0 Å². The minimum absolute atomic E-state index is 0.533. The number of rotatable bonds is 2. The Morgan fingerprint density at radius 1 is 1.44 bits per heavy atom. The van der Waals surface area contributed by atoms with E-state index in [0.717, 1.165) is 11.4 Å². The van der Waals surface area contributed by atoms with Crippen LogP contribution in [-0.4, -0.2) is 30.6 Å². The van der Waals surface area contributed by atoms with Gasteiger partial charge in [-0.3, -0.25) is 4.90 Å². The molecule has 1 unspecified atom stereocenters. The Morgan fingerprint density at radius 2 is 2.25 bits per heavy atom. The lowest BCUT2D eigenvalue weighted by Gasteiger charge is -2.32. The average molecular weight is 220 g/mol. The first kappa shape index (κ1) is 11.4. The van der Waals surface area contributed by atoms with Crippen LogP contribution in [0.15, 0.2) is 12.3 Å². The summed E-state index contributed by atoms with van der Waals surface area (Å²) in [5.74, 6) is 0.738. The number of hydrogen-bond acceptors (Lipinski definition) is 3. The normalized spacial score (nSPS) is 22.1. The number of piperidine rings is 1. The maximum absolute atomic E-state index is 5.19. The summed E-state index contributed by atoms with van der Waals surface area (Å²) in [4.78, 5) is 6.78. The van der Waals surface area contributed by atoms with E-state index in [4.69, 9.17) is 4.74 Å². The van der Waals surface area contributed by atoms with Crippen molar-refractivity contribution in [3.63, 3.8) is 0 Å². The lowest BCUT2D eigenvalue weighted by atomic mass is 9.96. The van der Waals surface area contributed by atoms with E-state index in [-0.39, 0.29) is 0 Å². The van der Waals surface area contributed by atoms with E-state index in [1.54, 1.807) is 7.11 Å². The molecule has 0 aromatic carbocycles. The van der Waals surface area contributed by atoms with Crippen LogP contribution >= 0.6 is 0 Å². The third kappa shape index (κ3) is 2.19. The van der Waals surface area contributed by atoms with Crippen molar-refractivity contribution in [1.29, 1.82) is 0 Å². The lowest BCUT2D eigenvalue weighted by Crippen LogP contribution is -2.29. The number of aryl methyl sites for hydroxylation is 1. The fourth-order valence-electron chi connectivity index (χ4n) is 2.48. The van der Waals surface area contributed by atoms with Gasteiger partial charge in [0, 0.05) is 17.8 Å². The Morgan fingerprint density at radius 3 is 2.88 bits per heavy atom. The number of pyridine rings is 1. The van der Waals surface area contributed by atoms with Crippen LogP contribution < -0.4 is 4.74 Å². The molecule has 0 radical (unpaired) electrons. The molecule has 0 amide bonds. The lowest BCUT2D eigenvalue weighted by molar-refractivity contribution is 0.187. The van der Waals surface area contributed by atoms with E-state index < -0.39 is 0 Å². The molecule has 2 heterocycles. The van der Waals surface area contributed by atoms with Crippen molar-refractivity contribution in [2.24, 2.45) is 0 Å². The molecule has 3 heteroatoms. The third-order valence-electron chi connectivity index (χ3n) is 3.40. The molecule has 1 aromatic rings. The summed E-state index contributed by atoms with van der Waals surface area (Å²) in [6.07, 6.45) is 5.83. The fourth-order valence-corrected chi connectivity index (χ4v) is 2.48. The highest BCUT2D eigenvalue weighted by atomic mass is 16.5. The monoisotopic (exact) mass is 220 g/mol. The average Bonchev–Trinajstić information content (AvgIpc) is 2.29. The topological polar surface area (TPSA) is 25.4 Å². The van der Waals surface area contributed by atoms with Crippen molar-refractivity contribution in [3.8, 4) is 5.88 Å². The highest BCUT2D eigenvalue weighted by molar-refractivity contribution is 5.30. The maximum atomic E-state index is 5.19. The zero-order valence-corrected chi connectivity index (χ0v) is 10.4. The Hall–Kier alpha value is -1.09. The largest absolute Gasteiger partial charge is 0.481 e. The molecule has 16 heavy (non-hydrogen) atoms. The fraction of sp³-hybridized carbons (Fsp3) is 0.615. The van der Waals surface area contributed by atoms with Gasteiger partial charge in [-0.05, 0) is 45.0 Å². The smallest absolute Gasteiger partial charge is 0.215 e. The minimum Gasteiger partial charge on any atom is -0.481 e. The molecule has 0 aliphatic carbocycles. The van der Waals surface area contributed by atoms with Crippen LogP contribution in [0.1, 0.15) is 36.4 Å². The van der Waals surface area contributed by atoms with Gasteiger partial charge in [-0.25, -0.2) is 4.98 Å². The number of ether oxygens (including phenoxy) is 1. The summed E-state index contributed by atoms with van der Waals surface area (Å²) in [6, 6.07) is 2.74. The summed E-state index contributed by atoms with van der Waals surface area (Å²) in [5.41, 5.74) is 2.44. The second-order valence-electron chi connectivity index (χ2n) is 4.59. The zero-order chi connectivity index (χ0) is 11.5. The van der Waals surface area contributed by atoms with E-state index in [2.05, 4.69) is 29.9 Å². The van der Waals surface area contributed by atoms with Gasteiger partial charge >= 0.3 is 0 Å². The number of nitrogens with zero attached hydrogens (tertiary/aromatic N) is 2. The van der Waals surface area contributed by atoms with Crippen molar-refractivity contribution >= 4 is 0 Å². The summed E-state index contributed by atoms with van der Waals surface area (Å²) in [7, 11) is 3.87. The summed E-state index contributed by atoms with van der Waals surface area (Å²) >= 11 is 0. The molecule has 1 fully saturated rings. The molecule has 1 aromatic heterocycles. The van der Waals surface area contributed by atoms with E-state index >= 15 is 0 Å². The second kappa shape index (κ2) is 4.83. The molecule has 0 spiro atoms. The van der Waals surface area contributed by atoms with Crippen LogP contribution in [0.4, 0.5) is 0 Å². The van der Waals surface area contributed by atoms with Gasteiger partial charge in [0.25, 0.3) is 0 Å².